The van der Waals surface area contributed by atoms with Crippen molar-refractivity contribution in [2.24, 2.45) is 5.92 Å². The van der Waals surface area contributed by atoms with Crippen LogP contribution >= 0.6 is 0 Å². The van der Waals surface area contributed by atoms with Gasteiger partial charge in [0, 0.05) is 49.1 Å². The van der Waals surface area contributed by atoms with Crippen LogP contribution in [0.5, 0.6) is 0 Å². The van der Waals surface area contributed by atoms with Gasteiger partial charge in [-0.15, -0.1) is 0 Å². The van der Waals surface area contributed by atoms with Crippen molar-refractivity contribution in [2.45, 2.75) is 45.8 Å². The molecule has 2 heterocycles. The number of hydrogen-bond acceptors (Lipinski definition) is 4. The van der Waals surface area contributed by atoms with Crippen molar-refractivity contribution in [3.63, 3.8) is 0 Å². The number of hydrogen-bond donors (Lipinski definition) is 0. The third-order valence-electron chi connectivity index (χ3n) is 4.29. The van der Waals surface area contributed by atoms with Crippen molar-refractivity contribution in [3.05, 3.63) is 23.1 Å². The summed E-state index contributed by atoms with van der Waals surface area (Å²) in [6.07, 6.45) is 4.89. The van der Waals surface area contributed by atoms with Gasteiger partial charge in [-0.2, -0.15) is 0 Å². The molecule has 0 unspecified atom stereocenters. The number of ketones is 2. The smallest absolute Gasteiger partial charge is 0.172 e. The van der Waals surface area contributed by atoms with E-state index in [4.69, 9.17) is 4.74 Å². The molecule has 0 spiro atoms. The van der Waals surface area contributed by atoms with E-state index in [1.807, 2.05) is 13.1 Å². The van der Waals surface area contributed by atoms with Gasteiger partial charge in [0.1, 0.15) is 5.76 Å². The first-order valence-corrected chi connectivity index (χ1v) is 7.03. The molecular formula is C15H19NO3. The summed E-state index contributed by atoms with van der Waals surface area (Å²) in [6, 6.07) is 0. The summed E-state index contributed by atoms with van der Waals surface area (Å²) < 4.78 is 5.99. The van der Waals surface area contributed by atoms with Crippen LogP contribution in [0.2, 0.25) is 0 Å². The Balaban J connectivity index is 2.07. The molecule has 2 bridgehead atoms. The predicted octanol–water partition coefficient (Wildman–Crippen LogP) is 2.16. The van der Waals surface area contributed by atoms with Crippen molar-refractivity contribution >= 4 is 11.6 Å². The van der Waals surface area contributed by atoms with Gasteiger partial charge in [-0.1, -0.05) is 0 Å². The van der Waals surface area contributed by atoms with Crippen LogP contribution in [0, 0.1) is 5.92 Å². The number of carbonyl (C=O) groups excluding carboxylic acids is 2. The minimum absolute atomic E-state index is 0.0113. The molecule has 2 aliphatic heterocycles. The first kappa shape index (κ1) is 12.5. The summed E-state index contributed by atoms with van der Waals surface area (Å²) in [5, 5.41) is 0. The molecule has 0 N–H and O–H groups in total. The zero-order chi connectivity index (χ0) is 13.6. The summed E-state index contributed by atoms with van der Waals surface area (Å²) in [4.78, 5) is 26.1. The highest BCUT2D eigenvalue weighted by Crippen LogP contribution is 2.43. The number of nitrogens with zero attached hydrogens (tertiary/aromatic N) is 1. The fraction of sp³-hybridized carbons (Fsp3) is 0.600. The minimum Gasteiger partial charge on any atom is -0.474 e. The van der Waals surface area contributed by atoms with Gasteiger partial charge in [0.05, 0.1) is 0 Å². The molecule has 4 heteroatoms. The summed E-state index contributed by atoms with van der Waals surface area (Å²) >= 11 is 0. The molecule has 0 fully saturated rings. The van der Waals surface area contributed by atoms with Crippen LogP contribution in [0.4, 0.5) is 0 Å². The molecule has 0 amide bonds. The molecule has 102 valence electrons. The maximum Gasteiger partial charge on any atom is 0.172 e. The summed E-state index contributed by atoms with van der Waals surface area (Å²) in [5.74, 6) is 1.03. The Morgan fingerprint density at radius 1 is 1.47 bits per heavy atom. The van der Waals surface area contributed by atoms with E-state index in [-0.39, 0.29) is 23.7 Å². The van der Waals surface area contributed by atoms with Crippen molar-refractivity contribution < 1.29 is 14.3 Å². The van der Waals surface area contributed by atoms with Gasteiger partial charge < -0.3 is 9.64 Å². The van der Waals surface area contributed by atoms with Gasteiger partial charge in [0.2, 0.25) is 0 Å². The van der Waals surface area contributed by atoms with E-state index in [0.717, 1.165) is 42.7 Å². The predicted molar refractivity (Wildman–Crippen MR) is 70.0 cm³/mol. The van der Waals surface area contributed by atoms with Crippen molar-refractivity contribution in [1.29, 1.82) is 0 Å². The van der Waals surface area contributed by atoms with Crippen LogP contribution in [0.3, 0.4) is 0 Å². The fourth-order valence-electron chi connectivity index (χ4n) is 3.35. The second-order valence-corrected chi connectivity index (χ2v) is 5.45. The molecule has 4 nitrogen and oxygen atoms in total. The third-order valence-corrected chi connectivity index (χ3v) is 4.29. The van der Waals surface area contributed by atoms with Gasteiger partial charge in [0.15, 0.2) is 17.8 Å². The highest BCUT2D eigenvalue weighted by molar-refractivity contribution is 6.02. The Labute approximate surface area is 113 Å². The zero-order valence-corrected chi connectivity index (χ0v) is 11.4. The monoisotopic (exact) mass is 261 g/mol. The van der Waals surface area contributed by atoms with Gasteiger partial charge in [-0.05, 0) is 20.3 Å². The molecule has 0 aromatic carbocycles. The van der Waals surface area contributed by atoms with Crippen LogP contribution in [0.1, 0.15) is 39.5 Å². The van der Waals surface area contributed by atoms with E-state index in [0.29, 0.717) is 6.42 Å². The maximum absolute atomic E-state index is 12.2. The van der Waals surface area contributed by atoms with Gasteiger partial charge in [-0.25, -0.2) is 0 Å². The molecule has 0 aromatic heterocycles. The third kappa shape index (κ3) is 1.90. The lowest BCUT2D eigenvalue weighted by Gasteiger charge is -2.44. The lowest BCUT2D eigenvalue weighted by molar-refractivity contribution is -0.120. The first-order chi connectivity index (χ1) is 9.11. The lowest BCUT2D eigenvalue weighted by Crippen LogP contribution is -2.45. The topological polar surface area (TPSA) is 46.6 Å². The van der Waals surface area contributed by atoms with Crippen LogP contribution in [0.25, 0.3) is 0 Å². The zero-order valence-electron chi connectivity index (χ0n) is 11.4. The molecule has 2 atom stereocenters. The van der Waals surface area contributed by atoms with E-state index in [1.165, 1.54) is 0 Å². The van der Waals surface area contributed by atoms with Gasteiger partial charge >= 0.3 is 0 Å². The lowest BCUT2D eigenvalue weighted by atomic mass is 9.76. The largest absolute Gasteiger partial charge is 0.474 e. The van der Waals surface area contributed by atoms with Crippen LogP contribution in [0.15, 0.2) is 23.1 Å². The average molecular weight is 261 g/mol. The number of carbonyl (C=O) groups is 2. The quantitative estimate of drug-likeness (QED) is 0.764. The Morgan fingerprint density at radius 3 is 2.95 bits per heavy atom. The summed E-state index contributed by atoms with van der Waals surface area (Å²) in [5.41, 5.74) is 1.55. The first-order valence-electron chi connectivity index (χ1n) is 7.03. The second kappa shape index (κ2) is 4.51. The van der Waals surface area contributed by atoms with Gasteiger partial charge in [0.25, 0.3) is 0 Å². The number of fused-ring (bicyclic) bond motifs is 3. The molecule has 3 rings (SSSR count). The highest BCUT2D eigenvalue weighted by atomic mass is 16.5. The molecule has 1 aliphatic carbocycles. The molecular weight excluding hydrogens is 242 g/mol. The Morgan fingerprint density at radius 2 is 2.26 bits per heavy atom. The number of ether oxygens (including phenoxy) is 1. The Bertz CT molecular complexity index is 504. The fourth-order valence-corrected chi connectivity index (χ4v) is 3.35. The number of rotatable bonds is 2. The van der Waals surface area contributed by atoms with Crippen LogP contribution in [-0.2, 0) is 14.3 Å². The highest BCUT2D eigenvalue weighted by Gasteiger charge is 2.42. The van der Waals surface area contributed by atoms with E-state index in [9.17, 15) is 9.59 Å². The van der Waals surface area contributed by atoms with Crippen LogP contribution < -0.4 is 0 Å². The van der Waals surface area contributed by atoms with E-state index in [2.05, 4.69) is 4.90 Å². The van der Waals surface area contributed by atoms with Crippen molar-refractivity contribution in [1.82, 2.24) is 4.90 Å². The van der Waals surface area contributed by atoms with Crippen LogP contribution in [-0.4, -0.2) is 29.2 Å². The minimum atomic E-state index is -0.0400. The van der Waals surface area contributed by atoms with Crippen molar-refractivity contribution in [3.8, 4) is 0 Å². The molecule has 0 saturated carbocycles. The second-order valence-electron chi connectivity index (χ2n) is 5.45. The number of allylic oxidation sites excluding steroid dienone is 3. The average Bonchev–Trinajstić information content (AvgIpc) is 2.38. The summed E-state index contributed by atoms with van der Waals surface area (Å²) in [6.45, 7) is 4.45. The molecule has 19 heavy (non-hydrogen) atoms. The van der Waals surface area contributed by atoms with Gasteiger partial charge in [-0.3, -0.25) is 9.59 Å². The Hall–Kier alpha value is -1.58. The van der Waals surface area contributed by atoms with E-state index >= 15 is 0 Å². The molecule has 3 aliphatic rings. The maximum atomic E-state index is 12.2. The molecule has 0 radical (unpaired) electrons. The standard InChI is InChI=1S/C15H19NO3/c1-3-16-8-11(9(2)17)10-7-14(16)19-13-6-4-5-12(18)15(10)13/h8,10,14H,3-7H2,1-2H3/t10-,14+/m0/s1. The van der Waals surface area contributed by atoms with E-state index in [1.54, 1.807) is 6.92 Å². The van der Waals surface area contributed by atoms with Crippen molar-refractivity contribution in [2.75, 3.05) is 6.54 Å². The number of Topliss-reactive ketones (excluding diaryl/α,β-unsaturated/α-hetero) is 2. The van der Waals surface area contributed by atoms with E-state index < -0.39 is 0 Å². The molecule has 0 aromatic rings. The Kier molecular flexibility index (Phi) is 2.96. The normalized spacial score (nSPS) is 29.7. The molecule has 0 saturated heterocycles. The SMILES string of the molecule is CCN1C=C(C(C)=O)[C@@H]2C[C@H]1OC1=C2C(=O)CCC1. The summed E-state index contributed by atoms with van der Waals surface area (Å²) in [7, 11) is 0.